The van der Waals surface area contributed by atoms with Crippen molar-refractivity contribution in [3.8, 4) is 0 Å². The molecule has 4 rings (SSSR count). The average Bonchev–Trinajstić information content (AvgIpc) is 3.13. The first-order valence-corrected chi connectivity index (χ1v) is 9.36. The van der Waals surface area contributed by atoms with E-state index in [1.165, 1.54) is 12.7 Å². The van der Waals surface area contributed by atoms with E-state index in [0.717, 1.165) is 38.6 Å². The van der Waals surface area contributed by atoms with E-state index in [1.807, 2.05) is 13.0 Å². The highest BCUT2D eigenvalue weighted by Crippen LogP contribution is 2.28. The van der Waals surface area contributed by atoms with E-state index in [9.17, 15) is 4.79 Å². The second-order valence-corrected chi connectivity index (χ2v) is 7.13. The zero-order chi connectivity index (χ0) is 18.8. The molecule has 2 aliphatic heterocycles. The summed E-state index contributed by atoms with van der Waals surface area (Å²) in [7, 11) is 1.39. The Morgan fingerprint density at radius 2 is 2.04 bits per heavy atom. The minimum absolute atomic E-state index is 0.185. The van der Waals surface area contributed by atoms with E-state index in [-0.39, 0.29) is 12.1 Å². The molecule has 3 heterocycles. The molecule has 1 aromatic carbocycles. The maximum absolute atomic E-state index is 11.8. The molecule has 27 heavy (non-hydrogen) atoms. The van der Waals surface area contributed by atoms with Crippen molar-refractivity contribution in [1.29, 1.82) is 0 Å². The van der Waals surface area contributed by atoms with Crippen molar-refractivity contribution in [2.24, 2.45) is 0 Å². The fraction of sp³-hybridized carbons (Fsp3) is 0.429. The molecule has 6 nitrogen and oxygen atoms in total. The summed E-state index contributed by atoms with van der Waals surface area (Å²) in [5.74, 6) is 0.539. The maximum atomic E-state index is 11.8. The highest BCUT2D eigenvalue weighted by molar-refractivity contribution is 5.90. The molecule has 2 unspecified atom stereocenters. The molecular weight excluding hydrogens is 342 g/mol. The van der Waals surface area contributed by atoms with Gasteiger partial charge in [0.1, 0.15) is 5.82 Å². The predicted molar refractivity (Wildman–Crippen MR) is 103 cm³/mol. The number of hydrogen-bond donors (Lipinski definition) is 0. The van der Waals surface area contributed by atoms with Gasteiger partial charge in [-0.05, 0) is 24.6 Å². The van der Waals surface area contributed by atoms with Crippen LogP contribution in [0.5, 0.6) is 0 Å². The largest absolute Gasteiger partial charge is 0.465 e. The lowest BCUT2D eigenvalue weighted by Gasteiger charge is -2.36. The number of hydrogen-bond acceptors (Lipinski definition) is 6. The highest BCUT2D eigenvalue weighted by atomic mass is 16.5. The number of pyridine rings is 1. The number of carbonyl (C=O) groups is 1. The van der Waals surface area contributed by atoms with E-state index in [0.29, 0.717) is 17.3 Å². The molecule has 2 atom stereocenters. The average molecular weight is 367 g/mol. The molecular formula is C21H25N3O3. The van der Waals surface area contributed by atoms with Crippen molar-refractivity contribution in [2.45, 2.75) is 25.6 Å². The summed E-state index contributed by atoms with van der Waals surface area (Å²) in [5, 5.41) is 0. The standard InChI is InChI=1S/C21H25N3O3/c1-15-17(21(25)26-2)8-9-20(22-15)24-13-18-19(14-24)27-11-10-23(18)12-16-6-4-3-5-7-16/h3-9,18-19H,10-14H2,1-2H3. The van der Waals surface area contributed by atoms with Gasteiger partial charge in [0.05, 0.1) is 37.1 Å². The minimum atomic E-state index is -0.348. The number of methoxy groups -OCH3 is 1. The normalized spacial score (nSPS) is 22.5. The molecule has 6 heteroatoms. The van der Waals surface area contributed by atoms with Crippen LogP contribution in [0.2, 0.25) is 0 Å². The third kappa shape index (κ3) is 3.68. The predicted octanol–water partition coefficient (Wildman–Crippen LogP) is 2.27. The quantitative estimate of drug-likeness (QED) is 0.773. The topological polar surface area (TPSA) is 54.9 Å². The van der Waals surface area contributed by atoms with Gasteiger partial charge in [0, 0.05) is 26.2 Å². The summed E-state index contributed by atoms with van der Waals surface area (Å²) < 4.78 is 10.9. The number of rotatable bonds is 4. The molecule has 0 amide bonds. The van der Waals surface area contributed by atoms with Gasteiger partial charge in [-0.25, -0.2) is 9.78 Å². The summed E-state index contributed by atoms with van der Waals surface area (Å²) in [6.45, 7) is 6.18. The number of fused-ring (bicyclic) bond motifs is 1. The molecule has 0 bridgehead atoms. The molecule has 0 spiro atoms. The number of aromatic nitrogens is 1. The first-order chi connectivity index (χ1) is 13.2. The molecule has 1 aromatic heterocycles. The van der Waals surface area contributed by atoms with Gasteiger partial charge in [-0.15, -0.1) is 0 Å². The van der Waals surface area contributed by atoms with Gasteiger partial charge in [-0.2, -0.15) is 0 Å². The van der Waals surface area contributed by atoms with Crippen LogP contribution in [0.25, 0.3) is 0 Å². The number of morpholine rings is 1. The number of esters is 1. The Kier molecular flexibility index (Phi) is 5.09. The Morgan fingerprint density at radius 3 is 2.78 bits per heavy atom. The van der Waals surface area contributed by atoms with Gasteiger partial charge < -0.3 is 14.4 Å². The van der Waals surface area contributed by atoms with E-state index >= 15 is 0 Å². The molecule has 0 radical (unpaired) electrons. The van der Waals surface area contributed by atoms with Crippen LogP contribution in [-0.2, 0) is 16.0 Å². The number of anilines is 1. The fourth-order valence-electron chi connectivity index (χ4n) is 4.01. The van der Waals surface area contributed by atoms with Gasteiger partial charge in [-0.3, -0.25) is 4.90 Å². The van der Waals surface area contributed by atoms with E-state index in [2.05, 4.69) is 45.1 Å². The Hall–Kier alpha value is -2.44. The van der Waals surface area contributed by atoms with Crippen molar-refractivity contribution in [3.05, 3.63) is 59.3 Å². The van der Waals surface area contributed by atoms with Crippen molar-refractivity contribution in [3.63, 3.8) is 0 Å². The second-order valence-electron chi connectivity index (χ2n) is 7.13. The van der Waals surface area contributed by atoms with Crippen LogP contribution < -0.4 is 4.90 Å². The highest BCUT2D eigenvalue weighted by Gasteiger charge is 2.40. The Bertz CT molecular complexity index is 812. The first-order valence-electron chi connectivity index (χ1n) is 9.36. The minimum Gasteiger partial charge on any atom is -0.465 e. The summed E-state index contributed by atoms with van der Waals surface area (Å²) in [6, 6.07) is 14.6. The van der Waals surface area contributed by atoms with Crippen LogP contribution >= 0.6 is 0 Å². The molecule has 0 N–H and O–H groups in total. The van der Waals surface area contributed by atoms with E-state index < -0.39 is 0 Å². The van der Waals surface area contributed by atoms with Crippen molar-refractivity contribution >= 4 is 11.8 Å². The third-order valence-electron chi connectivity index (χ3n) is 5.45. The van der Waals surface area contributed by atoms with Crippen LogP contribution in [0.3, 0.4) is 0 Å². The summed E-state index contributed by atoms with van der Waals surface area (Å²) in [4.78, 5) is 21.2. The lowest BCUT2D eigenvalue weighted by molar-refractivity contribution is -0.0499. The van der Waals surface area contributed by atoms with Gasteiger partial charge in [0.15, 0.2) is 0 Å². The van der Waals surface area contributed by atoms with Crippen LogP contribution in [-0.4, -0.2) is 61.3 Å². The zero-order valence-corrected chi connectivity index (χ0v) is 15.8. The molecule has 142 valence electrons. The van der Waals surface area contributed by atoms with Crippen LogP contribution in [0, 0.1) is 6.92 Å². The Morgan fingerprint density at radius 1 is 1.22 bits per heavy atom. The first kappa shape index (κ1) is 17.9. The lowest BCUT2D eigenvalue weighted by Crippen LogP contribution is -2.50. The second kappa shape index (κ2) is 7.66. The van der Waals surface area contributed by atoms with Crippen molar-refractivity contribution < 1.29 is 14.3 Å². The van der Waals surface area contributed by atoms with Gasteiger partial charge in [-0.1, -0.05) is 30.3 Å². The van der Waals surface area contributed by atoms with Gasteiger partial charge in [0.25, 0.3) is 0 Å². The van der Waals surface area contributed by atoms with Crippen molar-refractivity contribution in [2.75, 3.05) is 38.3 Å². The van der Waals surface area contributed by atoms with Gasteiger partial charge >= 0.3 is 5.97 Å². The van der Waals surface area contributed by atoms with Gasteiger partial charge in [0.2, 0.25) is 0 Å². The van der Waals surface area contributed by atoms with E-state index in [4.69, 9.17) is 9.47 Å². The summed E-state index contributed by atoms with van der Waals surface area (Å²) in [5.41, 5.74) is 2.53. The summed E-state index contributed by atoms with van der Waals surface area (Å²) in [6.07, 6.45) is 0.185. The SMILES string of the molecule is COC(=O)c1ccc(N2CC3OCCN(Cc4ccccc4)C3C2)nc1C. The number of carbonyl (C=O) groups excluding carboxylic acids is 1. The zero-order valence-electron chi connectivity index (χ0n) is 15.8. The molecule has 2 aromatic rings. The number of aryl methyl sites for hydroxylation is 1. The smallest absolute Gasteiger partial charge is 0.339 e. The fourth-order valence-corrected chi connectivity index (χ4v) is 4.01. The summed E-state index contributed by atoms with van der Waals surface area (Å²) >= 11 is 0. The van der Waals surface area contributed by atoms with Crippen LogP contribution in [0.1, 0.15) is 21.6 Å². The molecule has 0 aliphatic carbocycles. The lowest BCUT2D eigenvalue weighted by atomic mass is 10.1. The van der Waals surface area contributed by atoms with Crippen LogP contribution in [0.15, 0.2) is 42.5 Å². The third-order valence-corrected chi connectivity index (χ3v) is 5.45. The molecule has 2 saturated heterocycles. The molecule has 2 fully saturated rings. The molecule has 2 aliphatic rings. The van der Waals surface area contributed by atoms with Crippen LogP contribution in [0.4, 0.5) is 5.82 Å². The number of ether oxygens (including phenoxy) is 2. The number of benzene rings is 1. The Labute approximate surface area is 159 Å². The maximum Gasteiger partial charge on any atom is 0.339 e. The Balaban J connectivity index is 1.49. The van der Waals surface area contributed by atoms with E-state index in [1.54, 1.807) is 6.07 Å². The molecule has 0 saturated carbocycles. The monoisotopic (exact) mass is 367 g/mol. The number of nitrogens with zero attached hydrogens (tertiary/aromatic N) is 3. The van der Waals surface area contributed by atoms with Crippen molar-refractivity contribution in [1.82, 2.24) is 9.88 Å².